The summed E-state index contributed by atoms with van der Waals surface area (Å²) in [6, 6.07) is 7.09. The van der Waals surface area contributed by atoms with Crippen LogP contribution < -0.4 is 5.32 Å². The molecule has 2 atom stereocenters. The summed E-state index contributed by atoms with van der Waals surface area (Å²) >= 11 is 0. The summed E-state index contributed by atoms with van der Waals surface area (Å²) in [5.41, 5.74) is 1.96. The number of ether oxygens (including phenoxy) is 1. The summed E-state index contributed by atoms with van der Waals surface area (Å²) in [7, 11) is 0. The van der Waals surface area contributed by atoms with Gasteiger partial charge >= 0.3 is 0 Å². The Labute approximate surface area is 142 Å². The molecule has 1 amide bonds. The van der Waals surface area contributed by atoms with Crippen LogP contribution in [-0.4, -0.2) is 31.3 Å². The SMILES string of the molecule is O=C(NCC1CCCO1)c1ccc(C#CC2=CCCCC2F)cc1. The Kier molecular flexibility index (Phi) is 5.66. The maximum atomic E-state index is 13.7. The van der Waals surface area contributed by atoms with Crippen LogP contribution in [-0.2, 0) is 4.74 Å². The summed E-state index contributed by atoms with van der Waals surface area (Å²) in [6.45, 7) is 1.33. The van der Waals surface area contributed by atoms with Crippen molar-refractivity contribution in [3.63, 3.8) is 0 Å². The highest BCUT2D eigenvalue weighted by Crippen LogP contribution is 2.20. The first-order chi connectivity index (χ1) is 11.7. The number of alkyl halides is 1. The number of amides is 1. The molecule has 126 valence electrons. The summed E-state index contributed by atoms with van der Waals surface area (Å²) in [5.74, 6) is 5.79. The molecule has 1 heterocycles. The third kappa shape index (κ3) is 4.46. The first kappa shape index (κ1) is 16.7. The molecule has 0 bridgehead atoms. The molecule has 1 N–H and O–H groups in total. The minimum Gasteiger partial charge on any atom is -0.376 e. The number of nitrogens with one attached hydrogen (secondary N) is 1. The van der Waals surface area contributed by atoms with Crippen LogP contribution in [0.4, 0.5) is 4.39 Å². The van der Waals surface area contributed by atoms with Crippen molar-refractivity contribution in [2.24, 2.45) is 0 Å². The lowest BCUT2D eigenvalue weighted by atomic mass is 9.98. The molecule has 0 aromatic heterocycles. The Hall–Kier alpha value is -2.12. The molecule has 1 aliphatic carbocycles. The van der Waals surface area contributed by atoms with Crippen molar-refractivity contribution in [1.29, 1.82) is 0 Å². The Morgan fingerprint density at radius 3 is 2.75 bits per heavy atom. The molecule has 3 rings (SSSR count). The van der Waals surface area contributed by atoms with Gasteiger partial charge < -0.3 is 10.1 Å². The van der Waals surface area contributed by atoms with E-state index < -0.39 is 6.17 Å². The quantitative estimate of drug-likeness (QED) is 0.864. The minimum absolute atomic E-state index is 0.108. The first-order valence-electron chi connectivity index (χ1n) is 8.58. The van der Waals surface area contributed by atoms with Gasteiger partial charge in [0.05, 0.1) is 6.10 Å². The van der Waals surface area contributed by atoms with E-state index in [2.05, 4.69) is 17.2 Å². The van der Waals surface area contributed by atoms with Crippen molar-refractivity contribution in [3.05, 3.63) is 47.0 Å². The number of rotatable bonds is 3. The second-order valence-corrected chi connectivity index (χ2v) is 6.23. The van der Waals surface area contributed by atoms with Crippen LogP contribution in [0.2, 0.25) is 0 Å². The predicted molar refractivity (Wildman–Crippen MR) is 91.5 cm³/mol. The van der Waals surface area contributed by atoms with Gasteiger partial charge in [0.2, 0.25) is 0 Å². The fraction of sp³-hybridized carbons (Fsp3) is 0.450. The summed E-state index contributed by atoms with van der Waals surface area (Å²) in [6.07, 6.45) is 5.49. The number of carbonyl (C=O) groups excluding carboxylic acids is 1. The van der Waals surface area contributed by atoms with E-state index in [0.29, 0.717) is 24.1 Å². The highest BCUT2D eigenvalue weighted by Gasteiger charge is 2.16. The van der Waals surface area contributed by atoms with Gasteiger partial charge in [0.25, 0.3) is 5.91 Å². The van der Waals surface area contributed by atoms with Crippen molar-refractivity contribution in [3.8, 4) is 11.8 Å². The molecule has 1 aliphatic heterocycles. The molecule has 0 radical (unpaired) electrons. The first-order valence-corrected chi connectivity index (χ1v) is 8.58. The minimum atomic E-state index is -0.936. The lowest BCUT2D eigenvalue weighted by Gasteiger charge is -2.12. The average Bonchev–Trinajstić information content (AvgIpc) is 3.13. The molecule has 1 saturated heterocycles. The number of carbonyl (C=O) groups is 1. The normalized spacial score (nSPS) is 23.1. The lowest BCUT2D eigenvalue weighted by Crippen LogP contribution is -2.31. The topological polar surface area (TPSA) is 38.3 Å². The van der Waals surface area contributed by atoms with E-state index in [4.69, 9.17) is 4.74 Å². The number of allylic oxidation sites excluding steroid dienone is 2. The van der Waals surface area contributed by atoms with E-state index in [1.165, 1.54) is 0 Å². The second kappa shape index (κ2) is 8.12. The molecule has 1 aromatic carbocycles. The van der Waals surface area contributed by atoms with Gasteiger partial charge in [-0.25, -0.2) is 4.39 Å². The van der Waals surface area contributed by atoms with Crippen molar-refractivity contribution in [2.75, 3.05) is 13.2 Å². The van der Waals surface area contributed by atoms with E-state index in [1.807, 2.05) is 6.08 Å². The van der Waals surface area contributed by atoms with Crippen LogP contribution in [0, 0.1) is 11.8 Å². The molecule has 2 aliphatic rings. The zero-order valence-corrected chi connectivity index (χ0v) is 13.7. The van der Waals surface area contributed by atoms with E-state index in [1.54, 1.807) is 24.3 Å². The molecule has 0 saturated carbocycles. The second-order valence-electron chi connectivity index (χ2n) is 6.23. The average molecular weight is 327 g/mol. The summed E-state index contributed by atoms with van der Waals surface area (Å²) < 4.78 is 19.2. The highest BCUT2D eigenvalue weighted by molar-refractivity contribution is 5.94. The molecular formula is C20H22FNO2. The van der Waals surface area contributed by atoms with Gasteiger partial charge in [-0.3, -0.25) is 4.79 Å². The monoisotopic (exact) mass is 327 g/mol. The third-order valence-corrected chi connectivity index (χ3v) is 4.38. The molecule has 24 heavy (non-hydrogen) atoms. The fourth-order valence-electron chi connectivity index (χ4n) is 2.93. The van der Waals surface area contributed by atoms with Gasteiger partial charge in [-0.1, -0.05) is 17.9 Å². The smallest absolute Gasteiger partial charge is 0.251 e. The van der Waals surface area contributed by atoms with Crippen LogP contribution in [0.5, 0.6) is 0 Å². The van der Waals surface area contributed by atoms with E-state index in [-0.39, 0.29) is 12.0 Å². The molecule has 1 fully saturated rings. The summed E-state index contributed by atoms with van der Waals surface area (Å²) in [4.78, 5) is 12.1. The van der Waals surface area contributed by atoms with E-state index in [9.17, 15) is 9.18 Å². The Bertz CT molecular complexity index is 663. The van der Waals surface area contributed by atoms with Crippen molar-refractivity contribution in [2.45, 2.75) is 44.4 Å². The van der Waals surface area contributed by atoms with E-state index in [0.717, 1.165) is 37.9 Å². The highest BCUT2D eigenvalue weighted by atomic mass is 19.1. The van der Waals surface area contributed by atoms with Crippen molar-refractivity contribution in [1.82, 2.24) is 5.32 Å². The molecule has 0 spiro atoms. The maximum Gasteiger partial charge on any atom is 0.251 e. The van der Waals surface area contributed by atoms with Gasteiger partial charge in [0.1, 0.15) is 6.17 Å². The lowest BCUT2D eigenvalue weighted by molar-refractivity contribution is 0.0858. The van der Waals surface area contributed by atoms with E-state index >= 15 is 0 Å². The standard InChI is InChI=1S/C20H22FNO2/c21-19-6-2-1-4-16(19)10-7-15-8-11-17(12-9-15)20(23)22-14-18-5-3-13-24-18/h4,8-9,11-12,18-19H,1-3,5-6,13-14H2,(H,22,23). The molecule has 4 heteroatoms. The number of benzene rings is 1. The molecule has 2 unspecified atom stereocenters. The Morgan fingerprint density at radius 1 is 1.21 bits per heavy atom. The maximum absolute atomic E-state index is 13.7. The third-order valence-electron chi connectivity index (χ3n) is 4.38. The van der Waals surface area contributed by atoms with Gasteiger partial charge in [-0.15, -0.1) is 0 Å². The number of halogens is 1. The Morgan fingerprint density at radius 2 is 2.04 bits per heavy atom. The van der Waals surface area contributed by atoms with Gasteiger partial charge in [0, 0.05) is 29.9 Å². The van der Waals surface area contributed by atoms with Crippen LogP contribution >= 0.6 is 0 Å². The van der Waals surface area contributed by atoms with Crippen LogP contribution in [0.1, 0.15) is 48.0 Å². The van der Waals surface area contributed by atoms with Gasteiger partial charge in [-0.05, 0) is 56.4 Å². The number of hydrogen-bond donors (Lipinski definition) is 1. The van der Waals surface area contributed by atoms with Gasteiger partial charge in [0.15, 0.2) is 0 Å². The van der Waals surface area contributed by atoms with Crippen LogP contribution in [0.15, 0.2) is 35.9 Å². The fourth-order valence-corrected chi connectivity index (χ4v) is 2.93. The van der Waals surface area contributed by atoms with Crippen molar-refractivity contribution >= 4 is 5.91 Å². The van der Waals surface area contributed by atoms with Crippen molar-refractivity contribution < 1.29 is 13.9 Å². The number of hydrogen-bond acceptors (Lipinski definition) is 2. The van der Waals surface area contributed by atoms with Crippen LogP contribution in [0.25, 0.3) is 0 Å². The molecule has 1 aromatic rings. The zero-order chi connectivity index (χ0) is 16.8. The summed E-state index contributed by atoms with van der Waals surface area (Å²) in [5, 5.41) is 2.89. The molecule has 3 nitrogen and oxygen atoms in total. The predicted octanol–water partition coefficient (Wildman–Crippen LogP) is 3.40. The largest absolute Gasteiger partial charge is 0.376 e. The zero-order valence-electron chi connectivity index (χ0n) is 13.7. The Balaban J connectivity index is 1.57. The van der Waals surface area contributed by atoms with Gasteiger partial charge in [-0.2, -0.15) is 0 Å². The van der Waals surface area contributed by atoms with Crippen LogP contribution in [0.3, 0.4) is 0 Å². The molecular weight excluding hydrogens is 305 g/mol.